The van der Waals surface area contributed by atoms with Crippen LogP contribution in [0.3, 0.4) is 0 Å². The van der Waals surface area contributed by atoms with Gasteiger partial charge >= 0.3 is 12.5 Å². The number of carbonyl (C=O) groups is 1. The molecule has 0 unspecified atom stereocenters. The monoisotopic (exact) mass is 311 g/mol. The van der Waals surface area contributed by atoms with Crippen molar-refractivity contribution in [2.75, 3.05) is 5.32 Å². The lowest BCUT2D eigenvalue weighted by Crippen LogP contribution is -2.19. The summed E-state index contributed by atoms with van der Waals surface area (Å²) in [5.41, 5.74) is 0.738. The van der Waals surface area contributed by atoms with Gasteiger partial charge in [-0.1, -0.05) is 24.3 Å². The van der Waals surface area contributed by atoms with Crippen molar-refractivity contribution in [2.45, 2.75) is 13.3 Å². The van der Waals surface area contributed by atoms with E-state index >= 15 is 0 Å². The number of ether oxygens (including phenoxy) is 2. The Labute approximate surface area is 124 Å². The number of hydrogen-bond donors (Lipinski definition) is 1. The van der Waals surface area contributed by atoms with Crippen LogP contribution in [-0.2, 0) is 0 Å². The minimum absolute atomic E-state index is 0.169. The summed E-state index contributed by atoms with van der Waals surface area (Å²) in [4.78, 5) is 11.7. The first kappa shape index (κ1) is 15.7. The maximum atomic E-state index is 12.2. The number of benzene rings is 2. The van der Waals surface area contributed by atoms with Gasteiger partial charge in [-0.3, -0.25) is 5.32 Å². The summed E-state index contributed by atoms with van der Waals surface area (Å²) in [5.74, 6) is -0.103. The smallest absolute Gasteiger partial charge is 0.410 e. The molecule has 7 heteroatoms. The molecule has 4 nitrogen and oxygen atoms in total. The van der Waals surface area contributed by atoms with Gasteiger partial charge in [0, 0.05) is 6.07 Å². The number of anilines is 1. The quantitative estimate of drug-likeness (QED) is 0.907. The summed E-state index contributed by atoms with van der Waals surface area (Å²) in [7, 11) is 0. The molecule has 0 fully saturated rings. The second kappa shape index (κ2) is 6.38. The largest absolute Gasteiger partial charge is 0.573 e. The molecule has 2 rings (SSSR count). The molecule has 0 aromatic heterocycles. The number of amides is 1. The molecule has 0 aliphatic rings. The van der Waals surface area contributed by atoms with Crippen LogP contribution in [-0.4, -0.2) is 12.5 Å². The van der Waals surface area contributed by atoms with E-state index in [4.69, 9.17) is 4.74 Å². The van der Waals surface area contributed by atoms with Crippen LogP contribution in [0.25, 0.3) is 0 Å². The van der Waals surface area contributed by atoms with Crippen molar-refractivity contribution in [1.82, 2.24) is 0 Å². The van der Waals surface area contributed by atoms with E-state index in [1.807, 2.05) is 0 Å². The van der Waals surface area contributed by atoms with Crippen LogP contribution >= 0.6 is 0 Å². The average molecular weight is 311 g/mol. The molecule has 0 atom stereocenters. The third-order valence-corrected chi connectivity index (χ3v) is 2.63. The van der Waals surface area contributed by atoms with E-state index < -0.39 is 18.2 Å². The van der Waals surface area contributed by atoms with Crippen molar-refractivity contribution in [3.05, 3.63) is 54.1 Å². The molecular formula is C15H12F3NO3. The van der Waals surface area contributed by atoms with Gasteiger partial charge in [0.05, 0.1) is 5.69 Å². The molecule has 0 saturated carbocycles. The van der Waals surface area contributed by atoms with Gasteiger partial charge in [-0.25, -0.2) is 4.79 Å². The predicted octanol–water partition coefficient (Wildman–Crippen LogP) is 4.50. The molecule has 2 aromatic carbocycles. The van der Waals surface area contributed by atoms with E-state index in [9.17, 15) is 18.0 Å². The van der Waals surface area contributed by atoms with Crippen molar-refractivity contribution < 1.29 is 27.4 Å². The van der Waals surface area contributed by atoms with E-state index in [1.54, 1.807) is 37.3 Å². The van der Waals surface area contributed by atoms with Gasteiger partial charge in [-0.2, -0.15) is 0 Å². The number of alkyl halides is 3. The third-order valence-electron chi connectivity index (χ3n) is 2.63. The number of rotatable bonds is 3. The van der Waals surface area contributed by atoms with E-state index in [1.165, 1.54) is 6.07 Å². The zero-order valence-corrected chi connectivity index (χ0v) is 11.5. The Balaban J connectivity index is 2.08. The van der Waals surface area contributed by atoms with E-state index in [-0.39, 0.29) is 5.69 Å². The summed E-state index contributed by atoms with van der Waals surface area (Å²) in [6.07, 6.45) is -5.60. The van der Waals surface area contributed by atoms with Gasteiger partial charge < -0.3 is 9.47 Å². The number of aryl methyl sites for hydroxylation is 1. The lowest BCUT2D eigenvalue weighted by molar-refractivity contribution is -0.274. The Bertz CT molecular complexity index is 657. The molecule has 2 aromatic rings. The van der Waals surface area contributed by atoms with Crippen LogP contribution in [0.5, 0.6) is 11.5 Å². The maximum Gasteiger partial charge on any atom is 0.573 e. The van der Waals surface area contributed by atoms with Crippen molar-refractivity contribution in [3.8, 4) is 11.5 Å². The van der Waals surface area contributed by atoms with Crippen molar-refractivity contribution in [3.63, 3.8) is 0 Å². The number of hydrogen-bond acceptors (Lipinski definition) is 3. The molecule has 1 N–H and O–H groups in total. The second-order valence-corrected chi connectivity index (χ2v) is 4.35. The molecule has 0 aliphatic carbocycles. The van der Waals surface area contributed by atoms with Gasteiger partial charge in [0.25, 0.3) is 0 Å². The summed E-state index contributed by atoms with van der Waals surface area (Å²) < 4.78 is 45.4. The Morgan fingerprint density at radius 2 is 1.73 bits per heavy atom. The Morgan fingerprint density at radius 3 is 2.36 bits per heavy atom. The maximum absolute atomic E-state index is 12.2. The standard InChI is InChI=1S/C15H12F3NO3/c1-10-7-8-12(22-15(16,17)18)9-13(10)19-14(20)21-11-5-3-2-4-6-11/h2-9H,1H3,(H,19,20). The summed E-state index contributed by atoms with van der Waals surface area (Å²) in [6, 6.07) is 11.9. The van der Waals surface area contributed by atoms with Crippen LogP contribution in [0.4, 0.5) is 23.7 Å². The first-order valence-corrected chi connectivity index (χ1v) is 6.24. The first-order valence-electron chi connectivity index (χ1n) is 6.24. The van der Waals surface area contributed by atoms with Crippen molar-refractivity contribution >= 4 is 11.8 Å². The molecule has 0 bridgehead atoms. The summed E-state index contributed by atoms with van der Waals surface area (Å²) in [5, 5.41) is 2.38. The zero-order chi connectivity index (χ0) is 16.2. The fourth-order valence-electron chi connectivity index (χ4n) is 1.66. The molecule has 0 heterocycles. The van der Waals surface area contributed by atoms with Crippen LogP contribution in [0.2, 0.25) is 0 Å². The van der Waals surface area contributed by atoms with Crippen LogP contribution in [0.15, 0.2) is 48.5 Å². The average Bonchev–Trinajstić information content (AvgIpc) is 2.42. The van der Waals surface area contributed by atoms with Crippen LogP contribution in [0, 0.1) is 6.92 Å². The number of para-hydroxylation sites is 1. The number of halogens is 3. The van der Waals surface area contributed by atoms with Crippen molar-refractivity contribution in [2.24, 2.45) is 0 Å². The van der Waals surface area contributed by atoms with E-state index in [0.29, 0.717) is 11.3 Å². The molecule has 116 valence electrons. The highest BCUT2D eigenvalue weighted by Gasteiger charge is 2.31. The molecule has 0 saturated heterocycles. The minimum Gasteiger partial charge on any atom is -0.410 e. The molecule has 0 spiro atoms. The fraction of sp³-hybridized carbons (Fsp3) is 0.133. The molecule has 1 amide bonds. The molecule has 0 aliphatic heterocycles. The van der Waals surface area contributed by atoms with Crippen molar-refractivity contribution in [1.29, 1.82) is 0 Å². The molecular weight excluding hydrogens is 299 g/mol. The van der Waals surface area contributed by atoms with Crippen LogP contribution < -0.4 is 14.8 Å². The summed E-state index contributed by atoms with van der Waals surface area (Å²) in [6.45, 7) is 1.63. The van der Waals surface area contributed by atoms with Gasteiger partial charge in [0.1, 0.15) is 11.5 Å². The fourth-order valence-corrected chi connectivity index (χ4v) is 1.66. The SMILES string of the molecule is Cc1ccc(OC(F)(F)F)cc1NC(=O)Oc1ccccc1. The van der Waals surface area contributed by atoms with E-state index in [2.05, 4.69) is 10.1 Å². The number of carbonyl (C=O) groups excluding carboxylic acids is 1. The first-order chi connectivity index (χ1) is 10.3. The Morgan fingerprint density at radius 1 is 1.05 bits per heavy atom. The highest BCUT2D eigenvalue weighted by Crippen LogP contribution is 2.27. The summed E-state index contributed by atoms with van der Waals surface area (Å²) >= 11 is 0. The molecule has 0 radical (unpaired) electrons. The predicted molar refractivity (Wildman–Crippen MR) is 74.0 cm³/mol. The van der Waals surface area contributed by atoms with Gasteiger partial charge in [-0.05, 0) is 30.7 Å². The Hall–Kier alpha value is -2.70. The third kappa shape index (κ3) is 4.69. The highest BCUT2D eigenvalue weighted by molar-refractivity contribution is 5.87. The number of nitrogens with one attached hydrogen (secondary N) is 1. The van der Waals surface area contributed by atoms with Crippen LogP contribution in [0.1, 0.15) is 5.56 Å². The van der Waals surface area contributed by atoms with Gasteiger partial charge in [-0.15, -0.1) is 13.2 Å². The van der Waals surface area contributed by atoms with Gasteiger partial charge in [0.2, 0.25) is 0 Å². The lowest BCUT2D eigenvalue weighted by atomic mass is 10.2. The van der Waals surface area contributed by atoms with Gasteiger partial charge in [0.15, 0.2) is 0 Å². The normalized spacial score (nSPS) is 10.9. The lowest BCUT2D eigenvalue weighted by Gasteiger charge is -2.13. The topological polar surface area (TPSA) is 47.6 Å². The zero-order valence-electron chi connectivity index (χ0n) is 11.5. The highest BCUT2D eigenvalue weighted by atomic mass is 19.4. The van der Waals surface area contributed by atoms with E-state index in [0.717, 1.165) is 12.1 Å². The Kier molecular flexibility index (Phi) is 4.55. The molecule has 22 heavy (non-hydrogen) atoms. The minimum atomic E-state index is -4.79. The second-order valence-electron chi connectivity index (χ2n) is 4.35.